The third-order valence-corrected chi connectivity index (χ3v) is 4.07. The topological polar surface area (TPSA) is 72.2 Å². The molecule has 0 atom stereocenters. The Morgan fingerprint density at radius 1 is 1.45 bits per heavy atom. The number of hydrogen-bond donors (Lipinski definition) is 1. The van der Waals surface area contributed by atoms with Crippen LogP contribution >= 0.6 is 22.9 Å². The first-order valence-corrected chi connectivity index (χ1v) is 7.05. The van der Waals surface area contributed by atoms with Gasteiger partial charge in [-0.05, 0) is 18.1 Å². The Morgan fingerprint density at radius 3 is 2.75 bits per heavy atom. The molecule has 1 aromatic heterocycles. The number of rotatable bonds is 4. The Labute approximate surface area is 124 Å². The van der Waals surface area contributed by atoms with Crippen LogP contribution in [0.4, 0.5) is 11.4 Å². The van der Waals surface area contributed by atoms with Gasteiger partial charge in [-0.25, -0.2) is 0 Å². The minimum absolute atomic E-state index is 0.00364. The quantitative estimate of drug-likeness (QED) is 0.682. The highest BCUT2D eigenvalue weighted by molar-refractivity contribution is 7.18. The molecule has 0 saturated heterocycles. The number of nitro groups is 1. The second kappa shape index (κ2) is 6.02. The van der Waals surface area contributed by atoms with Crippen LogP contribution in [0.5, 0.6) is 0 Å². The third-order valence-electron chi connectivity index (χ3n) is 2.74. The van der Waals surface area contributed by atoms with Gasteiger partial charge in [-0.2, -0.15) is 0 Å². The van der Waals surface area contributed by atoms with Gasteiger partial charge in [0, 0.05) is 11.8 Å². The maximum absolute atomic E-state index is 12.1. The molecule has 2 aromatic rings. The molecule has 1 heterocycles. The summed E-state index contributed by atoms with van der Waals surface area (Å²) in [6, 6.07) is 8.61. The van der Waals surface area contributed by atoms with Crippen molar-refractivity contribution in [2.45, 2.75) is 13.3 Å². The smallest absolute Gasteiger partial charge is 0.299 e. The van der Waals surface area contributed by atoms with Crippen LogP contribution in [-0.4, -0.2) is 10.8 Å². The van der Waals surface area contributed by atoms with E-state index in [4.69, 9.17) is 11.6 Å². The van der Waals surface area contributed by atoms with Crippen molar-refractivity contribution < 1.29 is 9.72 Å². The maximum Gasteiger partial charge on any atom is 0.299 e. The fourth-order valence-corrected chi connectivity index (χ4v) is 2.85. The van der Waals surface area contributed by atoms with Gasteiger partial charge in [0.2, 0.25) is 0 Å². The Kier molecular flexibility index (Phi) is 4.36. The second-order valence-corrected chi connectivity index (χ2v) is 5.65. The third kappa shape index (κ3) is 2.97. The van der Waals surface area contributed by atoms with Crippen molar-refractivity contribution in [3.05, 3.63) is 55.2 Å². The van der Waals surface area contributed by atoms with E-state index in [0.29, 0.717) is 5.69 Å². The summed E-state index contributed by atoms with van der Waals surface area (Å²) in [6.45, 7) is 1.98. The van der Waals surface area contributed by atoms with E-state index in [1.54, 1.807) is 6.07 Å². The molecule has 0 aliphatic heterocycles. The van der Waals surface area contributed by atoms with Crippen molar-refractivity contribution in [1.29, 1.82) is 0 Å². The Morgan fingerprint density at radius 2 is 2.15 bits per heavy atom. The van der Waals surface area contributed by atoms with Crippen molar-refractivity contribution in [2.75, 3.05) is 5.32 Å². The van der Waals surface area contributed by atoms with Crippen molar-refractivity contribution in [3.8, 4) is 0 Å². The summed E-state index contributed by atoms with van der Waals surface area (Å²) in [7, 11) is 0. The number of thiophene rings is 1. The number of aryl methyl sites for hydroxylation is 1. The number of nitrogens with zero attached hydrogens (tertiary/aromatic N) is 1. The SMILES string of the molecule is CCc1ccccc1NC(=O)c1cc([N+](=O)[O-])c(Cl)s1. The van der Waals surface area contributed by atoms with Gasteiger partial charge in [0.1, 0.15) is 4.88 Å². The number of para-hydroxylation sites is 1. The number of amides is 1. The lowest BCUT2D eigenvalue weighted by Gasteiger charge is -2.08. The van der Waals surface area contributed by atoms with Crippen molar-refractivity contribution in [1.82, 2.24) is 0 Å². The number of nitrogens with one attached hydrogen (secondary N) is 1. The van der Waals surface area contributed by atoms with Crippen LogP contribution in [0, 0.1) is 10.1 Å². The van der Waals surface area contributed by atoms with Crippen LogP contribution in [0.25, 0.3) is 0 Å². The molecule has 0 radical (unpaired) electrons. The van der Waals surface area contributed by atoms with E-state index in [-0.39, 0.29) is 14.9 Å². The maximum atomic E-state index is 12.1. The molecular weight excluding hydrogens is 300 g/mol. The van der Waals surface area contributed by atoms with Gasteiger partial charge in [-0.3, -0.25) is 14.9 Å². The van der Waals surface area contributed by atoms with Crippen LogP contribution in [0.15, 0.2) is 30.3 Å². The average molecular weight is 311 g/mol. The molecule has 0 saturated carbocycles. The Bertz CT molecular complexity index is 669. The summed E-state index contributed by atoms with van der Waals surface area (Å²) in [4.78, 5) is 22.4. The van der Waals surface area contributed by atoms with Crippen LogP contribution in [-0.2, 0) is 6.42 Å². The molecule has 0 aliphatic rings. The molecule has 1 N–H and O–H groups in total. The number of halogens is 1. The van der Waals surface area contributed by atoms with Gasteiger partial charge in [0.25, 0.3) is 11.6 Å². The van der Waals surface area contributed by atoms with Crippen molar-refractivity contribution >= 4 is 40.2 Å². The molecule has 1 aromatic carbocycles. The highest BCUT2D eigenvalue weighted by Crippen LogP contribution is 2.34. The van der Waals surface area contributed by atoms with E-state index in [1.165, 1.54) is 6.07 Å². The molecule has 0 aliphatic carbocycles. The van der Waals surface area contributed by atoms with Gasteiger partial charge in [0.05, 0.1) is 4.92 Å². The van der Waals surface area contributed by atoms with E-state index in [9.17, 15) is 14.9 Å². The molecule has 0 bridgehead atoms. The largest absolute Gasteiger partial charge is 0.321 e. The molecule has 5 nitrogen and oxygen atoms in total. The fraction of sp³-hybridized carbons (Fsp3) is 0.154. The summed E-state index contributed by atoms with van der Waals surface area (Å²) in [5, 5.41) is 13.5. The lowest BCUT2D eigenvalue weighted by molar-refractivity contribution is -0.384. The summed E-state index contributed by atoms with van der Waals surface area (Å²) in [6.07, 6.45) is 0.780. The first-order valence-electron chi connectivity index (χ1n) is 5.86. The summed E-state index contributed by atoms with van der Waals surface area (Å²) < 4.78 is 0.00364. The highest BCUT2D eigenvalue weighted by Gasteiger charge is 2.21. The highest BCUT2D eigenvalue weighted by atomic mass is 35.5. The predicted molar refractivity (Wildman–Crippen MR) is 79.8 cm³/mol. The predicted octanol–water partition coefficient (Wildman–Crippen LogP) is 4.12. The lowest BCUT2D eigenvalue weighted by Crippen LogP contribution is -2.11. The second-order valence-electron chi connectivity index (χ2n) is 3.99. The minimum atomic E-state index is -0.602. The fourth-order valence-electron chi connectivity index (χ4n) is 1.73. The van der Waals surface area contributed by atoms with Crippen molar-refractivity contribution in [2.24, 2.45) is 0 Å². The monoisotopic (exact) mass is 310 g/mol. The molecule has 0 unspecified atom stereocenters. The zero-order chi connectivity index (χ0) is 14.7. The van der Waals surface area contributed by atoms with Crippen LogP contribution < -0.4 is 5.32 Å². The van der Waals surface area contributed by atoms with E-state index < -0.39 is 10.8 Å². The van der Waals surface area contributed by atoms with Crippen molar-refractivity contribution in [3.63, 3.8) is 0 Å². The molecule has 20 heavy (non-hydrogen) atoms. The summed E-state index contributed by atoms with van der Waals surface area (Å²) in [5.41, 5.74) is 1.45. The summed E-state index contributed by atoms with van der Waals surface area (Å²) >= 11 is 6.64. The first-order chi connectivity index (χ1) is 9.52. The number of anilines is 1. The molecule has 0 spiro atoms. The van der Waals surface area contributed by atoms with E-state index in [2.05, 4.69) is 5.32 Å². The van der Waals surface area contributed by atoms with Gasteiger partial charge < -0.3 is 5.32 Å². The number of carbonyl (C=O) groups is 1. The van der Waals surface area contributed by atoms with Gasteiger partial charge in [-0.1, -0.05) is 36.7 Å². The van der Waals surface area contributed by atoms with Gasteiger partial charge in [-0.15, -0.1) is 11.3 Å². The standard InChI is InChI=1S/C13H11ClN2O3S/c1-2-8-5-3-4-6-9(8)15-13(17)11-7-10(16(18)19)12(14)20-11/h3-7H,2H2,1H3,(H,15,17). The zero-order valence-electron chi connectivity index (χ0n) is 10.6. The number of carbonyl (C=O) groups excluding carboxylic acids is 1. The van der Waals surface area contributed by atoms with E-state index in [1.807, 2.05) is 25.1 Å². The van der Waals surface area contributed by atoms with E-state index >= 15 is 0 Å². The van der Waals surface area contributed by atoms with Crippen LogP contribution in [0.3, 0.4) is 0 Å². The Hall–Kier alpha value is -1.92. The van der Waals surface area contributed by atoms with Gasteiger partial charge in [0.15, 0.2) is 4.34 Å². The molecule has 104 valence electrons. The van der Waals surface area contributed by atoms with E-state index in [0.717, 1.165) is 23.3 Å². The number of hydrogen-bond acceptors (Lipinski definition) is 4. The normalized spacial score (nSPS) is 10.3. The first kappa shape index (κ1) is 14.5. The molecule has 0 fully saturated rings. The molecule has 7 heteroatoms. The van der Waals surface area contributed by atoms with Crippen LogP contribution in [0.2, 0.25) is 4.34 Å². The Balaban J connectivity index is 2.24. The van der Waals surface area contributed by atoms with Gasteiger partial charge >= 0.3 is 0 Å². The molecule has 1 amide bonds. The molecule has 2 rings (SSSR count). The summed E-state index contributed by atoms with van der Waals surface area (Å²) in [5.74, 6) is -0.397. The lowest BCUT2D eigenvalue weighted by atomic mass is 10.1. The minimum Gasteiger partial charge on any atom is -0.321 e. The average Bonchev–Trinajstić information content (AvgIpc) is 2.81. The number of benzene rings is 1. The zero-order valence-corrected chi connectivity index (χ0v) is 12.1. The van der Waals surface area contributed by atoms with Crippen LogP contribution in [0.1, 0.15) is 22.2 Å². The molecular formula is C13H11ClN2O3S.